The second-order valence-corrected chi connectivity index (χ2v) is 5.05. The van der Waals surface area contributed by atoms with Crippen LogP contribution in [0, 0.1) is 12.7 Å². The highest BCUT2D eigenvalue weighted by molar-refractivity contribution is 6.31. The molecule has 0 heterocycles. The summed E-state index contributed by atoms with van der Waals surface area (Å²) >= 11 is 6.00. The third-order valence-electron chi connectivity index (χ3n) is 3.05. The summed E-state index contributed by atoms with van der Waals surface area (Å²) in [5, 5.41) is 6.43. The van der Waals surface area contributed by atoms with Gasteiger partial charge in [0.25, 0.3) is 0 Å². The zero-order valence-electron chi connectivity index (χ0n) is 11.6. The third kappa shape index (κ3) is 4.46. The predicted octanol–water partition coefficient (Wildman–Crippen LogP) is 4.23. The molecular weight excluding hydrogens is 291 g/mol. The Balaban J connectivity index is 1.84. The van der Waals surface area contributed by atoms with Crippen molar-refractivity contribution in [3.63, 3.8) is 0 Å². The zero-order chi connectivity index (χ0) is 15.2. The molecule has 0 bridgehead atoms. The van der Waals surface area contributed by atoms with Gasteiger partial charge in [0.1, 0.15) is 5.82 Å². The molecule has 21 heavy (non-hydrogen) atoms. The maximum atomic E-state index is 13.0. The van der Waals surface area contributed by atoms with Gasteiger partial charge in [-0.3, -0.25) is 4.79 Å². The molecular formula is C16H16ClFN2O. The fraction of sp³-hybridized carbons (Fsp3) is 0.188. The van der Waals surface area contributed by atoms with E-state index in [0.29, 0.717) is 22.9 Å². The molecule has 110 valence electrons. The maximum absolute atomic E-state index is 13.0. The van der Waals surface area contributed by atoms with Crippen LogP contribution in [0.1, 0.15) is 12.0 Å². The number of hydrogen-bond acceptors (Lipinski definition) is 2. The first-order valence-electron chi connectivity index (χ1n) is 6.60. The van der Waals surface area contributed by atoms with Crippen molar-refractivity contribution in [2.45, 2.75) is 13.3 Å². The molecule has 0 spiro atoms. The van der Waals surface area contributed by atoms with Crippen LogP contribution >= 0.6 is 11.6 Å². The normalized spacial score (nSPS) is 10.2. The lowest BCUT2D eigenvalue weighted by atomic mass is 10.2. The van der Waals surface area contributed by atoms with Crippen LogP contribution in [0.5, 0.6) is 0 Å². The highest BCUT2D eigenvalue weighted by Gasteiger charge is 2.06. The first kappa shape index (κ1) is 15.3. The van der Waals surface area contributed by atoms with Gasteiger partial charge in [0.05, 0.1) is 0 Å². The number of rotatable bonds is 5. The molecule has 0 saturated heterocycles. The van der Waals surface area contributed by atoms with E-state index in [4.69, 9.17) is 11.6 Å². The van der Waals surface area contributed by atoms with E-state index < -0.39 is 0 Å². The Morgan fingerprint density at radius 3 is 2.76 bits per heavy atom. The molecule has 2 N–H and O–H groups in total. The van der Waals surface area contributed by atoms with Crippen LogP contribution in [-0.2, 0) is 4.79 Å². The molecule has 2 rings (SSSR count). The Hall–Kier alpha value is -2.07. The van der Waals surface area contributed by atoms with Crippen molar-refractivity contribution in [1.82, 2.24) is 0 Å². The number of carbonyl (C=O) groups is 1. The van der Waals surface area contributed by atoms with Gasteiger partial charge in [0, 0.05) is 29.4 Å². The minimum Gasteiger partial charge on any atom is -0.384 e. The lowest BCUT2D eigenvalue weighted by molar-refractivity contribution is -0.115. The molecule has 0 unspecified atom stereocenters. The molecule has 0 aromatic heterocycles. The van der Waals surface area contributed by atoms with Crippen molar-refractivity contribution in [1.29, 1.82) is 0 Å². The van der Waals surface area contributed by atoms with Crippen LogP contribution in [0.3, 0.4) is 0 Å². The van der Waals surface area contributed by atoms with Crippen LogP contribution in [0.15, 0.2) is 42.5 Å². The fourth-order valence-corrected chi connectivity index (χ4v) is 2.05. The van der Waals surface area contributed by atoms with Gasteiger partial charge in [-0.1, -0.05) is 23.7 Å². The SMILES string of the molecule is Cc1c(Cl)cccc1NC(=O)CCNc1cccc(F)c1. The van der Waals surface area contributed by atoms with Crippen molar-refractivity contribution in [3.05, 3.63) is 58.9 Å². The monoisotopic (exact) mass is 306 g/mol. The lowest BCUT2D eigenvalue weighted by Gasteiger charge is -2.10. The Morgan fingerprint density at radius 2 is 2.00 bits per heavy atom. The summed E-state index contributed by atoms with van der Waals surface area (Å²) < 4.78 is 13.0. The number of anilines is 2. The predicted molar refractivity (Wildman–Crippen MR) is 84.3 cm³/mol. The Morgan fingerprint density at radius 1 is 1.24 bits per heavy atom. The van der Waals surface area contributed by atoms with Crippen LogP contribution < -0.4 is 10.6 Å². The summed E-state index contributed by atoms with van der Waals surface area (Å²) in [5.41, 5.74) is 2.20. The second kappa shape index (κ2) is 7.09. The van der Waals surface area contributed by atoms with Crippen LogP contribution in [0.2, 0.25) is 5.02 Å². The van der Waals surface area contributed by atoms with E-state index in [-0.39, 0.29) is 18.1 Å². The van der Waals surface area contributed by atoms with Crippen LogP contribution in [0.4, 0.5) is 15.8 Å². The number of carbonyl (C=O) groups excluding carboxylic acids is 1. The topological polar surface area (TPSA) is 41.1 Å². The molecule has 0 aliphatic rings. The Bertz CT molecular complexity index is 646. The number of hydrogen-bond donors (Lipinski definition) is 2. The van der Waals surface area contributed by atoms with Gasteiger partial charge in [-0.2, -0.15) is 0 Å². The molecule has 0 saturated carbocycles. The molecule has 5 heteroatoms. The summed E-state index contributed by atoms with van der Waals surface area (Å²) in [6.45, 7) is 2.28. The van der Waals surface area contributed by atoms with Gasteiger partial charge in [0.2, 0.25) is 5.91 Å². The fourth-order valence-electron chi connectivity index (χ4n) is 1.87. The average molecular weight is 307 g/mol. The van der Waals surface area contributed by atoms with Crippen LogP contribution in [0.25, 0.3) is 0 Å². The molecule has 2 aromatic carbocycles. The molecule has 0 aliphatic carbocycles. The van der Waals surface area contributed by atoms with Crippen molar-refractivity contribution >= 4 is 28.9 Å². The minimum absolute atomic E-state index is 0.121. The van der Waals surface area contributed by atoms with E-state index in [0.717, 1.165) is 5.56 Å². The van der Waals surface area contributed by atoms with E-state index in [1.807, 2.05) is 6.92 Å². The zero-order valence-corrected chi connectivity index (χ0v) is 12.4. The highest BCUT2D eigenvalue weighted by atomic mass is 35.5. The molecule has 1 amide bonds. The van der Waals surface area contributed by atoms with Crippen LogP contribution in [-0.4, -0.2) is 12.5 Å². The van der Waals surface area contributed by atoms with E-state index >= 15 is 0 Å². The smallest absolute Gasteiger partial charge is 0.226 e. The van der Waals surface area contributed by atoms with E-state index in [9.17, 15) is 9.18 Å². The molecule has 0 aliphatic heterocycles. The molecule has 2 aromatic rings. The van der Waals surface area contributed by atoms with Crippen molar-refractivity contribution in [3.8, 4) is 0 Å². The van der Waals surface area contributed by atoms with Gasteiger partial charge in [0.15, 0.2) is 0 Å². The van der Waals surface area contributed by atoms with Crippen molar-refractivity contribution in [2.24, 2.45) is 0 Å². The van der Waals surface area contributed by atoms with Gasteiger partial charge in [-0.25, -0.2) is 4.39 Å². The standard InChI is InChI=1S/C16H16ClFN2O/c1-11-14(17)6-3-7-15(11)20-16(21)8-9-19-13-5-2-4-12(18)10-13/h2-7,10,19H,8-9H2,1H3,(H,20,21). The summed E-state index contributed by atoms with van der Waals surface area (Å²) in [5.74, 6) is -0.428. The van der Waals surface area contributed by atoms with E-state index in [1.165, 1.54) is 12.1 Å². The Labute approximate surface area is 128 Å². The Kier molecular flexibility index (Phi) is 5.17. The maximum Gasteiger partial charge on any atom is 0.226 e. The summed E-state index contributed by atoms with van der Waals surface area (Å²) in [4.78, 5) is 11.9. The quantitative estimate of drug-likeness (QED) is 0.868. The average Bonchev–Trinajstić information content (AvgIpc) is 2.44. The van der Waals surface area contributed by atoms with Crippen molar-refractivity contribution < 1.29 is 9.18 Å². The summed E-state index contributed by atoms with van der Waals surface area (Å²) in [7, 11) is 0. The largest absolute Gasteiger partial charge is 0.384 e. The third-order valence-corrected chi connectivity index (χ3v) is 3.46. The summed E-state index contributed by atoms with van der Waals surface area (Å²) in [6.07, 6.45) is 0.280. The van der Waals surface area contributed by atoms with Gasteiger partial charge in [-0.15, -0.1) is 0 Å². The first-order valence-corrected chi connectivity index (χ1v) is 6.98. The number of benzene rings is 2. The molecule has 3 nitrogen and oxygen atoms in total. The first-order chi connectivity index (χ1) is 10.1. The molecule has 0 fully saturated rings. The van der Waals surface area contributed by atoms with Gasteiger partial charge >= 0.3 is 0 Å². The van der Waals surface area contributed by atoms with Crippen molar-refractivity contribution in [2.75, 3.05) is 17.2 Å². The number of amides is 1. The molecule has 0 radical (unpaired) electrons. The number of halogens is 2. The second-order valence-electron chi connectivity index (χ2n) is 4.65. The highest BCUT2D eigenvalue weighted by Crippen LogP contribution is 2.22. The van der Waals surface area contributed by atoms with E-state index in [1.54, 1.807) is 30.3 Å². The van der Waals surface area contributed by atoms with E-state index in [2.05, 4.69) is 10.6 Å². The summed E-state index contributed by atoms with van der Waals surface area (Å²) in [6, 6.07) is 11.5. The van der Waals surface area contributed by atoms with Gasteiger partial charge < -0.3 is 10.6 Å². The minimum atomic E-state index is -0.306. The molecule has 0 atom stereocenters. The lowest BCUT2D eigenvalue weighted by Crippen LogP contribution is -2.16. The van der Waals surface area contributed by atoms with Gasteiger partial charge in [-0.05, 0) is 42.8 Å². The number of nitrogens with one attached hydrogen (secondary N) is 2.